The minimum Gasteiger partial charge on any atom is -0.480 e. The number of benzene rings is 1. The summed E-state index contributed by atoms with van der Waals surface area (Å²) < 4.78 is 6.56. The Balaban J connectivity index is 2.49. The Kier molecular flexibility index (Phi) is 2.27. The quantitative estimate of drug-likeness (QED) is 0.743. The predicted octanol–water partition coefficient (Wildman–Crippen LogP) is 2.64. The third-order valence-corrected chi connectivity index (χ3v) is 3.01. The summed E-state index contributed by atoms with van der Waals surface area (Å²) in [4.78, 5) is 11.7. The molecule has 68 valence electrons. The number of fused-ring (bicyclic) bond motifs is 1. The summed E-state index contributed by atoms with van der Waals surface area (Å²) in [5.74, 6) is 0.885. The Hall–Kier alpha value is -0.580. The molecule has 2 nitrogen and oxygen atoms in total. The first-order valence-electron chi connectivity index (χ1n) is 4.23. The molecular formula is C10H9IO2. The van der Waals surface area contributed by atoms with Crippen molar-refractivity contribution in [3.8, 4) is 5.75 Å². The molecule has 0 aliphatic carbocycles. The molecule has 2 rings (SSSR count). The minimum absolute atomic E-state index is 0.121. The third kappa shape index (κ3) is 1.35. The molecule has 0 saturated heterocycles. The summed E-state index contributed by atoms with van der Waals surface area (Å²) in [6.45, 7) is 1.96. The van der Waals surface area contributed by atoms with Crippen LogP contribution >= 0.6 is 22.6 Å². The molecule has 0 aromatic heterocycles. The van der Waals surface area contributed by atoms with Crippen molar-refractivity contribution in [1.29, 1.82) is 0 Å². The molecule has 0 fully saturated rings. The molecule has 0 bridgehead atoms. The van der Waals surface area contributed by atoms with Crippen molar-refractivity contribution >= 4 is 28.4 Å². The second-order valence-electron chi connectivity index (χ2n) is 3.00. The van der Waals surface area contributed by atoms with Gasteiger partial charge in [0.1, 0.15) is 5.75 Å². The van der Waals surface area contributed by atoms with E-state index in [0.717, 1.165) is 21.3 Å². The van der Waals surface area contributed by atoms with E-state index < -0.39 is 0 Å². The number of hydrogen-bond acceptors (Lipinski definition) is 2. The highest BCUT2D eigenvalue weighted by Gasteiger charge is 2.31. The predicted molar refractivity (Wildman–Crippen MR) is 58.2 cm³/mol. The number of rotatable bonds is 1. The lowest BCUT2D eigenvalue weighted by Crippen LogP contribution is -2.18. The molecule has 0 N–H and O–H groups in total. The molecule has 1 aliphatic heterocycles. The molecule has 0 spiro atoms. The molecule has 13 heavy (non-hydrogen) atoms. The van der Waals surface area contributed by atoms with Crippen molar-refractivity contribution in [3.63, 3.8) is 0 Å². The molecule has 3 heteroatoms. The number of carbonyl (C=O) groups excluding carboxylic acids is 1. The maximum absolute atomic E-state index is 11.7. The summed E-state index contributed by atoms with van der Waals surface area (Å²) >= 11 is 2.19. The Bertz CT molecular complexity index is 360. The fraction of sp³-hybridized carbons (Fsp3) is 0.300. The molecule has 1 heterocycles. The van der Waals surface area contributed by atoms with Crippen LogP contribution in [0.2, 0.25) is 0 Å². The largest absolute Gasteiger partial charge is 0.480 e. The Morgan fingerprint density at radius 2 is 2.31 bits per heavy atom. The molecule has 0 saturated carbocycles. The van der Waals surface area contributed by atoms with Gasteiger partial charge < -0.3 is 4.74 Å². The molecule has 0 radical (unpaired) electrons. The fourth-order valence-corrected chi connectivity index (χ4v) is 2.09. The van der Waals surface area contributed by atoms with Gasteiger partial charge in [0.25, 0.3) is 0 Å². The maximum Gasteiger partial charge on any atom is 0.207 e. The van der Waals surface area contributed by atoms with Crippen LogP contribution in [0.4, 0.5) is 0 Å². The van der Waals surface area contributed by atoms with Gasteiger partial charge in [0, 0.05) is 0 Å². The van der Waals surface area contributed by atoms with Gasteiger partial charge in [-0.15, -0.1) is 0 Å². The van der Waals surface area contributed by atoms with E-state index in [1.54, 1.807) is 0 Å². The number of hydrogen-bond donors (Lipinski definition) is 0. The first kappa shape index (κ1) is 8.99. The number of halogens is 1. The smallest absolute Gasteiger partial charge is 0.207 e. The van der Waals surface area contributed by atoms with Crippen LogP contribution < -0.4 is 4.74 Å². The highest BCUT2D eigenvalue weighted by atomic mass is 127. The van der Waals surface area contributed by atoms with Gasteiger partial charge in [-0.1, -0.05) is 13.0 Å². The molecule has 0 amide bonds. The lowest BCUT2D eigenvalue weighted by atomic mass is 10.1. The van der Waals surface area contributed by atoms with Crippen LogP contribution in [0, 0.1) is 3.57 Å². The van der Waals surface area contributed by atoms with E-state index in [1.807, 2.05) is 25.1 Å². The van der Waals surface area contributed by atoms with Crippen LogP contribution in [0.1, 0.15) is 23.7 Å². The van der Waals surface area contributed by atoms with E-state index >= 15 is 0 Å². The summed E-state index contributed by atoms with van der Waals surface area (Å²) in [6.07, 6.45) is 0.481. The normalized spacial score (nSPS) is 19.8. The van der Waals surface area contributed by atoms with E-state index in [4.69, 9.17) is 4.74 Å². The molecule has 1 atom stereocenters. The summed E-state index contributed by atoms with van der Waals surface area (Å²) in [5.41, 5.74) is 0.735. The number of Topliss-reactive ketones (excluding diaryl/α,β-unsaturated/α-hetero) is 1. The Morgan fingerprint density at radius 3 is 2.92 bits per heavy atom. The second kappa shape index (κ2) is 3.29. The van der Waals surface area contributed by atoms with E-state index in [9.17, 15) is 4.79 Å². The van der Waals surface area contributed by atoms with Crippen molar-refractivity contribution in [2.24, 2.45) is 0 Å². The average Bonchev–Trinajstić information content (AvgIpc) is 2.45. The summed E-state index contributed by atoms with van der Waals surface area (Å²) in [6, 6.07) is 5.67. The van der Waals surface area contributed by atoms with Crippen LogP contribution in [0.25, 0.3) is 0 Å². The average molecular weight is 288 g/mol. The highest BCUT2D eigenvalue weighted by molar-refractivity contribution is 14.1. The molecule has 1 aliphatic rings. The van der Waals surface area contributed by atoms with Crippen LogP contribution in [-0.2, 0) is 0 Å². The van der Waals surface area contributed by atoms with E-state index in [0.29, 0.717) is 0 Å². The van der Waals surface area contributed by atoms with Crippen molar-refractivity contribution in [3.05, 3.63) is 27.3 Å². The van der Waals surface area contributed by atoms with Crippen LogP contribution in [0.5, 0.6) is 5.75 Å². The Morgan fingerprint density at radius 1 is 1.54 bits per heavy atom. The third-order valence-electron chi connectivity index (χ3n) is 2.16. The van der Waals surface area contributed by atoms with Gasteiger partial charge in [-0.05, 0) is 41.1 Å². The van der Waals surface area contributed by atoms with Crippen molar-refractivity contribution < 1.29 is 9.53 Å². The van der Waals surface area contributed by atoms with Gasteiger partial charge in [0.05, 0.1) is 9.13 Å². The zero-order chi connectivity index (χ0) is 9.42. The zero-order valence-corrected chi connectivity index (χ0v) is 9.37. The van der Waals surface area contributed by atoms with Gasteiger partial charge in [-0.3, -0.25) is 4.79 Å². The minimum atomic E-state index is -0.258. The van der Waals surface area contributed by atoms with E-state index in [2.05, 4.69) is 22.6 Å². The van der Waals surface area contributed by atoms with E-state index in [-0.39, 0.29) is 11.9 Å². The topological polar surface area (TPSA) is 26.3 Å². The van der Waals surface area contributed by atoms with E-state index in [1.165, 1.54) is 0 Å². The van der Waals surface area contributed by atoms with Crippen LogP contribution in [0.15, 0.2) is 18.2 Å². The lowest BCUT2D eigenvalue weighted by molar-refractivity contribution is 0.0852. The monoisotopic (exact) mass is 288 g/mol. The highest BCUT2D eigenvalue weighted by Crippen LogP contribution is 2.33. The number of ketones is 1. The summed E-state index contributed by atoms with van der Waals surface area (Å²) in [7, 11) is 0. The van der Waals surface area contributed by atoms with Gasteiger partial charge in [-0.25, -0.2) is 0 Å². The SMILES string of the molecule is CCC1Oc2c(I)cccc2C1=O. The van der Waals surface area contributed by atoms with Crippen LogP contribution in [-0.4, -0.2) is 11.9 Å². The molecule has 1 aromatic carbocycles. The first-order chi connectivity index (χ1) is 6.24. The molecule has 1 aromatic rings. The number of ether oxygens (including phenoxy) is 1. The lowest BCUT2D eigenvalue weighted by Gasteiger charge is -2.05. The Labute approximate surface area is 90.4 Å². The van der Waals surface area contributed by atoms with Gasteiger partial charge in [-0.2, -0.15) is 0 Å². The number of carbonyl (C=O) groups is 1. The maximum atomic E-state index is 11.7. The van der Waals surface area contributed by atoms with Crippen molar-refractivity contribution in [1.82, 2.24) is 0 Å². The molecular weight excluding hydrogens is 279 g/mol. The van der Waals surface area contributed by atoms with Gasteiger partial charge in [0.15, 0.2) is 6.10 Å². The van der Waals surface area contributed by atoms with Crippen molar-refractivity contribution in [2.45, 2.75) is 19.4 Å². The fourth-order valence-electron chi connectivity index (χ4n) is 1.46. The second-order valence-corrected chi connectivity index (χ2v) is 4.16. The standard InChI is InChI=1S/C10H9IO2/c1-2-8-9(12)6-4-3-5-7(11)10(6)13-8/h3-5,8H,2H2,1H3. The van der Waals surface area contributed by atoms with Crippen molar-refractivity contribution in [2.75, 3.05) is 0 Å². The summed E-state index contributed by atoms with van der Waals surface area (Å²) in [5, 5.41) is 0. The van der Waals surface area contributed by atoms with Gasteiger partial charge >= 0.3 is 0 Å². The van der Waals surface area contributed by atoms with Gasteiger partial charge in [0.2, 0.25) is 5.78 Å². The number of para-hydroxylation sites is 1. The zero-order valence-electron chi connectivity index (χ0n) is 7.21. The first-order valence-corrected chi connectivity index (χ1v) is 5.31. The van der Waals surface area contributed by atoms with Crippen LogP contribution in [0.3, 0.4) is 0 Å². The molecule has 1 unspecified atom stereocenters.